The monoisotopic (exact) mass is 499 g/mol. The molecule has 0 saturated heterocycles. The lowest BCUT2D eigenvalue weighted by atomic mass is 9.84. The molecule has 9 heteroatoms. The second-order valence-electron chi connectivity index (χ2n) is 9.03. The molecule has 2 aromatic carbocycles. The van der Waals surface area contributed by atoms with Gasteiger partial charge in [0.05, 0.1) is 30.7 Å². The number of hydrogen-bond donors (Lipinski definition) is 3. The van der Waals surface area contributed by atoms with E-state index in [0.29, 0.717) is 10.7 Å². The number of rotatable bonds is 7. The molecule has 0 spiro atoms. The Morgan fingerprint density at radius 2 is 1.94 bits per heavy atom. The Kier molecular flexibility index (Phi) is 6.58. The minimum Gasteiger partial charge on any atom is -0.395 e. The van der Waals surface area contributed by atoms with E-state index in [1.807, 2.05) is 48.7 Å². The van der Waals surface area contributed by atoms with Crippen LogP contribution in [-0.2, 0) is 16.6 Å². The van der Waals surface area contributed by atoms with Crippen molar-refractivity contribution >= 4 is 28.3 Å². The van der Waals surface area contributed by atoms with E-state index in [2.05, 4.69) is 25.6 Å². The van der Waals surface area contributed by atoms with Crippen LogP contribution < -0.4 is 10.6 Å². The SMILES string of the molecule is C[C@]1(CO)CCc2ccc(C(=O)NCC(=O)Nc3nc(-c4cccc(-c5cnccn5)c4)cs3)cc21. The van der Waals surface area contributed by atoms with Gasteiger partial charge in [0.2, 0.25) is 5.91 Å². The number of carbonyl (C=O) groups is 2. The minimum atomic E-state index is -0.362. The second-order valence-corrected chi connectivity index (χ2v) is 9.89. The highest BCUT2D eigenvalue weighted by Gasteiger charge is 2.34. The summed E-state index contributed by atoms with van der Waals surface area (Å²) in [5, 5.41) is 17.5. The zero-order valence-corrected chi connectivity index (χ0v) is 20.5. The van der Waals surface area contributed by atoms with Crippen LogP contribution in [0.1, 0.15) is 34.8 Å². The molecular formula is C27H25N5O3S. The summed E-state index contributed by atoms with van der Waals surface area (Å²) in [5.41, 5.74) is 5.62. The lowest BCUT2D eigenvalue weighted by Gasteiger charge is -2.22. The fourth-order valence-corrected chi connectivity index (χ4v) is 5.12. The van der Waals surface area contributed by atoms with Gasteiger partial charge in [0, 0.05) is 39.9 Å². The first-order valence-corrected chi connectivity index (χ1v) is 12.5. The average Bonchev–Trinajstić information content (AvgIpc) is 3.52. The molecule has 2 heterocycles. The van der Waals surface area contributed by atoms with Crippen LogP contribution in [0.25, 0.3) is 22.5 Å². The highest BCUT2D eigenvalue weighted by molar-refractivity contribution is 7.14. The molecule has 1 aliphatic rings. The first kappa shape index (κ1) is 23.8. The first-order chi connectivity index (χ1) is 17.4. The van der Waals surface area contributed by atoms with Crippen molar-refractivity contribution in [3.05, 3.63) is 83.1 Å². The number of fused-ring (bicyclic) bond motifs is 1. The molecule has 0 unspecified atom stereocenters. The molecule has 0 bridgehead atoms. The van der Waals surface area contributed by atoms with Crippen LogP contribution in [0.3, 0.4) is 0 Å². The number of carbonyl (C=O) groups excluding carboxylic acids is 2. The lowest BCUT2D eigenvalue weighted by Crippen LogP contribution is -2.33. The number of aryl methyl sites for hydroxylation is 1. The van der Waals surface area contributed by atoms with Crippen LogP contribution in [0.5, 0.6) is 0 Å². The van der Waals surface area contributed by atoms with Gasteiger partial charge in [0.25, 0.3) is 5.91 Å². The molecule has 3 N–H and O–H groups in total. The number of amides is 2. The van der Waals surface area contributed by atoms with Gasteiger partial charge in [-0.1, -0.05) is 31.2 Å². The maximum atomic E-state index is 12.7. The average molecular weight is 500 g/mol. The van der Waals surface area contributed by atoms with Crippen LogP contribution in [0.15, 0.2) is 66.4 Å². The summed E-state index contributed by atoms with van der Waals surface area (Å²) in [6, 6.07) is 13.3. The Morgan fingerprint density at radius 1 is 1.11 bits per heavy atom. The van der Waals surface area contributed by atoms with E-state index in [0.717, 1.165) is 46.5 Å². The summed E-state index contributed by atoms with van der Waals surface area (Å²) in [6.07, 6.45) is 6.72. The Balaban J connectivity index is 1.20. The van der Waals surface area contributed by atoms with Crippen molar-refractivity contribution in [1.29, 1.82) is 0 Å². The summed E-state index contributed by atoms with van der Waals surface area (Å²) in [7, 11) is 0. The van der Waals surface area contributed by atoms with Crippen LogP contribution in [-0.4, -0.2) is 45.0 Å². The van der Waals surface area contributed by atoms with Crippen molar-refractivity contribution in [1.82, 2.24) is 20.3 Å². The predicted octanol–water partition coefficient (Wildman–Crippen LogP) is 3.83. The van der Waals surface area contributed by atoms with E-state index >= 15 is 0 Å². The van der Waals surface area contributed by atoms with Gasteiger partial charge in [-0.15, -0.1) is 11.3 Å². The van der Waals surface area contributed by atoms with Gasteiger partial charge in [-0.3, -0.25) is 19.6 Å². The summed E-state index contributed by atoms with van der Waals surface area (Å²) in [5.74, 6) is -0.695. The molecule has 5 rings (SSSR count). The molecule has 1 aliphatic carbocycles. The number of aliphatic hydroxyl groups is 1. The Morgan fingerprint density at radius 3 is 2.72 bits per heavy atom. The van der Waals surface area contributed by atoms with E-state index in [1.165, 1.54) is 11.3 Å². The summed E-state index contributed by atoms with van der Waals surface area (Å²) in [4.78, 5) is 38.1. The Bertz CT molecular complexity index is 1420. The fraction of sp³-hybridized carbons (Fsp3) is 0.222. The van der Waals surface area contributed by atoms with Crippen molar-refractivity contribution in [2.75, 3.05) is 18.5 Å². The second kappa shape index (κ2) is 9.96. The molecular weight excluding hydrogens is 474 g/mol. The molecule has 182 valence electrons. The third-order valence-electron chi connectivity index (χ3n) is 6.49. The first-order valence-electron chi connectivity index (χ1n) is 11.6. The van der Waals surface area contributed by atoms with Crippen molar-refractivity contribution in [2.45, 2.75) is 25.2 Å². The third kappa shape index (κ3) is 4.89. The van der Waals surface area contributed by atoms with Gasteiger partial charge in [-0.05, 0) is 42.2 Å². The van der Waals surface area contributed by atoms with Crippen molar-refractivity contribution in [3.63, 3.8) is 0 Å². The summed E-state index contributed by atoms with van der Waals surface area (Å²) < 4.78 is 0. The number of aromatic nitrogens is 3. The van der Waals surface area contributed by atoms with E-state index < -0.39 is 0 Å². The van der Waals surface area contributed by atoms with E-state index in [1.54, 1.807) is 24.7 Å². The number of benzene rings is 2. The Hall–Kier alpha value is -3.95. The number of hydrogen-bond acceptors (Lipinski definition) is 7. The van der Waals surface area contributed by atoms with Crippen molar-refractivity contribution in [3.8, 4) is 22.5 Å². The highest BCUT2D eigenvalue weighted by Crippen LogP contribution is 2.38. The van der Waals surface area contributed by atoms with Crippen LogP contribution >= 0.6 is 11.3 Å². The van der Waals surface area contributed by atoms with E-state index in [9.17, 15) is 14.7 Å². The molecule has 0 radical (unpaired) electrons. The van der Waals surface area contributed by atoms with E-state index in [4.69, 9.17) is 0 Å². The number of nitrogens with zero attached hydrogens (tertiary/aromatic N) is 3. The van der Waals surface area contributed by atoms with Crippen molar-refractivity contribution in [2.24, 2.45) is 0 Å². The van der Waals surface area contributed by atoms with Crippen LogP contribution in [0.4, 0.5) is 5.13 Å². The molecule has 0 fully saturated rings. The number of thiazole rings is 1. The topological polar surface area (TPSA) is 117 Å². The lowest BCUT2D eigenvalue weighted by molar-refractivity contribution is -0.115. The maximum absolute atomic E-state index is 12.7. The molecule has 4 aromatic rings. The largest absolute Gasteiger partial charge is 0.395 e. The summed E-state index contributed by atoms with van der Waals surface area (Å²) >= 11 is 1.31. The molecule has 0 aliphatic heterocycles. The normalized spacial score (nSPS) is 16.4. The van der Waals surface area contributed by atoms with Gasteiger partial charge >= 0.3 is 0 Å². The van der Waals surface area contributed by atoms with Gasteiger partial charge < -0.3 is 15.7 Å². The predicted molar refractivity (Wildman–Crippen MR) is 139 cm³/mol. The van der Waals surface area contributed by atoms with Crippen LogP contribution in [0, 0.1) is 0 Å². The highest BCUT2D eigenvalue weighted by atomic mass is 32.1. The van der Waals surface area contributed by atoms with Gasteiger partial charge in [0.1, 0.15) is 0 Å². The minimum absolute atomic E-state index is 0.0356. The summed E-state index contributed by atoms with van der Waals surface area (Å²) in [6.45, 7) is 1.86. The molecule has 1 atom stereocenters. The Labute approximate surface area is 212 Å². The van der Waals surface area contributed by atoms with E-state index in [-0.39, 0.29) is 30.4 Å². The number of aliphatic hydroxyl groups excluding tert-OH is 1. The molecule has 2 amide bonds. The quantitative estimate of drug-likeness (QED) is 0.356. The number of anilines is 1. The molecule has 36 heavy (non-hydrogen) atoms. The number of nitrogens with one attached hydrogen (secondary N) is 2. The smallest absolute Gasteiger partial charge is 0.251 e. The van der Waals surface area contributed by atoms with Crippen molar-refractivity contribution < 1.29 is 14.7 Å². The van der Waals surface area contributed by atoms with Gasteiger partial charge in [-0.25, -0.2) is 4.98 Å². The third-order valence-corrected chi connectivity index (χ3v) is 7.25. The van der Waals surface area contributed by atoms with Gasteiger partial charge in [-0.2, -0.15) is 0 Å². The maximum Gasteiger partial charge on any atom is 0.251 e. The molecule has 8 nitrogen and oxygen atoms in total. The molecule has 2 aromatic heterocycles. The zero-order valence-electron chi connectivity index (χ0n) is 19.7. The van der Waals surface area contributed by atoms with Gasteiger partial charge in [0.15, 0.2) is 5.13 Å². The zero-order chi connectivity index (χ0) is 25.1. The standard InChI is InChI=1S/C27H25N5O3S/c1-27(16-33)8-7-17-5-6-20(12-21(17)27)25(35)30-14-24(34)32-26-31-23(15-36-26)19-4-2-3-18(11-19)22-13-28-9-10-29-22/h2-6,9-13,15,33H,7-8,14,16H2,1H3,(H,30,35)(H,31,32,34)/t27-/m1/s1. The molecule has 0 saturated carbocycles. The van der Waals surface area contributed by atoms with Crippen LogP contribution in [0.2, 0.25) is 0 Å². The fourth-order valence-electron chi connectivity index (χ4n) is 4.38.